The van der Waals surface area contributed by atoms with E-state index >= 15 is 0 Å². The first-order valence-electron chi connectivity index (χ1n) is 29.4. The fourth-order valence-electron chi connectivity index (χ4n) is 10.5. The van der Waals surface area contributed by atoms with E-state index in [2.05, 4.69) is 207 Å². The monoisotopic (exact) mass is 1110 g/mol. The van der Waals surface area contributed by atoms with Gasteiger partial charge in [0.1, 0.15) is 5.78 Å². The van der Waals surface area contributed by atoms with Crippen LogP contribution in [0, 0.1) is 0 Å². The molecular formula is C65H96N9OP3. The maximum atomic E-state index is 10.6. The lowest BCUT2D eigenvalue weighted by molar-refractivity contribution is -0.120. The first-order chi connectivity index (χ1) is 38.4. The SMILES string of the molecule is C1=C(c2c[nH]c3ccccc23)CCNC1.CC.CC.CC.CC.O=C1CCN(P)CC1.PN1CC=C(c2c[nH]c3ccccc23)CC1.PN1CCC(c2c[nH]c3ccccc23)CC1.c1ccc2c(C3CCNCC3)c[nH]c2c1. The summed E-state index contributed by atoms with van der Waals surface area (Å²) in [5, 5.41) is 12.2. The van der Waals surface area contributed by atoms with Crippen LogP contribution in [0.1, 0.15) is 141 Å². The second-order valence-corrected chi connectivity index (χ2v) is 21.3. The van der Waals surface area contributed by atoms with Gasteiger partial charge in [-0.25, -0.2) is 0 Å². The largest absolute Gasteiger partial charge is 0.361 e. The lowest BCUT2D eigenvalue weighted by Crippen LogP contribution is -2.26. The summed E-state index contributed by atoms with van der Waals surface area (Å²) in [6.45, 7) is 26.8. The number of aromatic nitrogens is 4. The second-order valence-electron chi connectivity index (χ2n) is 19.1. The number of nitrogens with zero attached hydrogens (tertiary/aromatic N) is 3. The van der Waals surface area contributed by atoms with E-state index in [1.807, 2.05) is 55.4 Å². The van der Waals surface area contributed by atoms with Gasteiger partial charge in [-0.3, -0.25) is 18.8 Å². The van der Waals surface area contributed by atoms with Gasteiger partial charge >= 0.3 is 0 Å². The second kappa shape index (κ2) is 35.8. The van der Waals surface area contributed by atoms with E-state index in [-0.39, 0.29) is 0 Å². The summed E-state index contributed by atoms with van der Waals surface area (Å²) < 4.78 is 6.70. The van der Waals surface area contributed by atoms with Gasteiger partial charge in [0.15, 0.2) is 0 Å². The van der Waals surface area contributed by atoms with Crippen molar-refractivity contribution in [3.63, 3.8) is 0 Å². The fraction of sp³-hybridized carbons (Fsp3) is 0.431. The molecule has 13 heteroatoms. The molecule has 0 radical (unpaired) electrons. The van der Waals surface area contributed by atoms with Gasteiger partial charge in [-0.2, -0.15) is 0 Å². The normalized spacial score (nSPS) is 17.1. The topological polar surface area (TPSA) is 114 Å². The Bertz CT molecular complexity index is 2980. The van der Waals surface area contributed by atoms with Gasteiger partial charge in [0, 0.05) is 138 Å². The molecule has 78 heavy (non-hydrogen) atoms. The summed E-state index contributed by atoms with van der Waals surface area (Å²) >= 11 is 0. The molecule has 6 N–H and O–H groups in total. The molecule has 10 nitrogen and oxygen atoms in total. The van der Waals surface area contributed by atoms with Crippen LogP contribution in [0.2, 0.25) is 0 Å². The minimum Gasteiger partial charge on any atom is -0.361 e. The number of fused-ring (bicyclic) bond motifs is 4. The van der Waals surface area contributed by atoms with Crippen molar-refractivity contribution >= 4 is 88.7 Å². The van der Waals surface area contributed by atoms with Crippen LogP contribution in [0.15, 0.2) is 134 Å². The molecule has 3 saturated heterocycles. The molecule has 13 rings (SSSR count). The Morgan fingerprint density at radius 2 is 0.808 bits per heavy atom. The zero-order valence-corrected chi connectivity index (χ0v) is 52.0. The Labute approximate surface area is 476 Å². The highest BCUT2D eigenvalue weighted by atomic mass is 31.0. The molecule has 0 bridgehead atoms. The molecule has 422 valence electrons. The van der Waals surface area contributed by atoms with Crippen LogP contribution in [0.4, 0.5) is 0 Å². The average molecular weight is 1110 g/mol. The molecular weight excluding hydrogens is 1020 g/mol. The van der Waals surface area contributed by atoms with Crippen molar-refractivity contribution in [3.05, 3.63) is 156 Å². The van der Waals surface area contributed by atoms with E-state index < -0.39 is 0 Å². The van der Waals surface area contributed by atoms with E-state index in [0.29, 0.717) is 5.78 Å². The van der Waals surface area contributed by atoms with E-state index in [1.165, 1.54) is 116 Å². The number of nitrogens with one attached hydrogen (secondary N) is 6. The minimum atomic E-state index is 0.406. The highest BCUT2D eigenvalue weighted by molar-refractivity contribution is 7.13. The Hall–Kier alpha value is -4.72. The number of ketones is 1. The number of aromatic amines is 4. The number of Topliss-reactive ketones (excluding diaryl/α,β-unsaturated/α-hetero) is 1. The lowest BCUT2D eigenvalue weighted by Gasteiger charge is -2.28. The molecule has 5 aliphatic rings. The molecule has 9 heterocycles. The molecule has 3 fully saturated rings. The number of benzene rings is 4. The maximum Gasteiger partial charge on any atom is 0.135 e. The molecule has 0 amide bonds. The Morgan fingerprint density at radius 1 is 0.410 bits per heavy atom. The first-order valence-corrected chi connectivity index (χ1v) is 31.0. The van der Waals surface area contributed by atoms with Crippen LogP contribution in [0.25, 0.3) is 54.8 Å². The van der Waals surface area contributed by atoms with Gasteiger partial charge in [0.05, 0.1) is 0 Å². The number of carbonyl (C=O) groups is 1. The van der Waals surface area contributed by atoms with E-state index in [9.17, 15) is 4.79 Å². The highest BCUT2D eigenvalue weighted by Crippen LogP contribution is 2.35. The third-order valence-corrected chi connectivity index (χ3v) is 16.0. The van der Waals surface area contributed by atoms with Crippen molar-refractivity contribution in [2.24, 2.45) is 0 Å². The van der Waals surface area contributed by atoms with Gasteiger partial charge in [0.2, 0.25) is 0 Å². The standard InChI is InChI=1S/C13H17N2P.C13H15N2P.C13H16N2.C13H14N2.C5H10NOP.4C2H6/c2*16-15-7-5-10(6-8-15)12-9-14-13-4-2-1-3-11(12)13;2*1-2-4-13-11(3-1)12(9-15-13)10-5-7-14-8-6-10;7-5-1-3-6(8)4-2-5;4*1-2/h1-4,9-10,14H,5-8,16H2;1-5,9,14H,6-8,16H2;1-4,9-10,14-15H,5-8H2;1-5,9,14-15H,6-8H2;1-4,8H2;4*1-2H3. The lowest BCUT2D eigenvalue weighted by atomic mass is 9.90. The Kier molecular flexibility index (Phi) is 29.4. The number of H-pyrrole nitrogens is 4. The third-order valence-electron chi connectivity index (χ3n) is 14.5. The van der Waals surface area contributed by atoms with Crippen molar-refractivity contribution in [1.82, 2.24) is 44.6 Å². The summed E-state index contributed by atoms with van der Waals surface area (Å²) in [6.07, 6.45) is 22.1. The minimum absolute atomic E-state index is 0.406. The first kappa shape index (κ1) is 64.1. The van der Waals surface area contributed by atoms with Crippen LogP contribution in [0.3, 0.4) is 0 Å². The molecule has 3 atom stereocenters. The predicted molar refractivity (Wildman–Crippen MR) is 352 cm³/mol. The summed E-state index contributed by atoms with van der Waals surface area (Å²) in [6, 6.07) is 34.2. The summed E-state index contributed by atoms with van der Waals surface area (Å²) in [5.74, 6) is 1.87. The Morgan fingerprint density at radius 3 is 1.24 bits per heavy atom. The molecule has 5 aliphatic heterocycles. The third kappa shape index (κ3) is 18.7. The van der Waals surface area contributed by atoms with Crippen molar-refractivity contribution in [3.8, 4) is 0 Å². The summed E-state index contributed by atoms with van der Waals surface area (Å²) in [4.78, 5) is 24.0. The number of hydrogen-bond donors (Lipinski definition) is 6. The zero-order chi connectivity index (χ0) is 56.1. The summed E-state index contributed by atoms with van der Waals surface area (Å²) in [7, 11) is 8.18. The van der Waals surface area contributed by atoms with Gasteiger partial charge < -0.3 is 30.6 Å². The van der Waals surface area contributed by atoms with Gasteiger partial charge in [-0.15, -0.1) is 0 Å². The predicted octanol–water partition coefficient (Wildman–Crippen LogP) is 15.9. The van der Waals surface area contributed by atoms with Crippen LogP contribution in [-0.4, -0.2) is 105 Å². The van der Waals surface area contributed by atoms with Crippen molar-refractivity contribution in [1.29, 1.82) is 0 Å². The summed E-state index contributed by atoms with van der Waals surface area (Å²) in [5.41, 5.74) is 13.7. The van der Waals surface area contributed by atoms with E-state index in [1.54, 1.807) is 0 Å². The highest BCUT2D eigenvalue weighted by Gasteiger charge is 2.21. The molecule has 8 aromatic rings. The molecule has 4 aromatic carbocycles. The Balaban J connectivity index is 0.000000176. The van der Waals surface area contributed by atoms with Gasteiger partial charge in [-0.1, -0.05) is 169 Å². The molecule has 0 saturated carbocycles. The van der Waals surface area contributed by atoms with Crippen LogP contribution in [0.5, 0.6) is 0 Å². The molecule has 0 spiro atoms. The quantitative estimate of drug-likeness (QED) is 0.0979. The molecule has 3 unspecified atom stereocenters. The fourth-order valence-corrected chi connectivity index (χ4v) is 11.2. The van der Waals surface area contributed by atoms with Crippen LogP contribution in [-0.2, 0) is 4.79 Å². The molecule has 0 aliphatic carbocycles. The molecule has 4 aromatic heterocycles. The smallest absolute Gasteiger partial charge is 0.135 e. The van der Waals surface area contributed by atoms with Crippen molar-refractivity contribution in [2.75, 3.05) is 65.4 Å². The van der Waals surface area contributed by atoms with Gasteiger partial charge in [-0.05, 0) is 117 Å². The number of rotatable bonds is 4. The van der Waals surface area contributed by atoms with E-state index in [0.717, 1.165) is 89.9 Å². The van der Waals surface area contributed by atoms with Crippen LogP contribution < -0.4 is 10.6 Å². The van der Waals surface area contributed by atoms with Crippen molar-refractivity contribution in [2.45, 2.75) is 119 Å². The number of hydrogen-bond acceptors (Lipinski definition) is 6. The van der Waals surface area contributed by atoms with E-state index in [4.69, 9.17) is 0 Å². The zero-order valence-electron chi connectivity index (χ0n) is 48.6. The number of carbonyl (C=O) groups excluding carboxylic acids is 1. The average Bonchev–Trinajstić information content (AvgIpc) is 4.36. The van der Waals surface area contributed by atoms with Crippen LogP contribution >= 0.6 is 28.2 Å². The maximum absolute atomic E-state index is 10.6. The number of piperidine rings is 3. The van der Waals surface area contributed by atoms with Crippen molar-refractivity contribution < 1.29 is 4.79 Å². The number of para-hydroxylation sites is 4. The van der Waals surface area contributed by atoms with Gasteiger partial charge in [0.25, 0.3) is 0 Å².